The van der Waals surface area contributed by atoms with Gasteiger partial charge in [0.25, 0.3) is 0 Å². The number of carboxylic acid groups (broad SMARTS) is 1. The molecule has 5 heteroatoms. The minimum atomic E-state index is -1.05. The lowest BCUT2D eigenvalue weighted by Crippen LogP contribution is -2.56. The van der Waals surface area contributed by atoms with Crippen molar-refractivity contribution in [2.24, 2.45) is 17.6 Å². The first-order valence-corrected chi connectivity index (χ1v) is 7.84. The quantitative estimate of drug-likeness (QED) is 0.684. The van der Waals surface area contributed by atoms with Crippen molar-refractivity contribution >= 4 is 11.9 Å². The van der Waals surface area contributed by atoms with Crippen LogP contribution in [0.3, 0.4) is 0 Å². The lowest BCUT2D eigenvalue weighted by Gasteiger charge is -2.31. The van der Waals surface area contributed by atoms with Crippen LogP contribution in [0, 0.1) is 11.8 Å². The number of carboxylic acids is 1. The Morgan fingerprint density at radius 2 is 1.75 bits per heavy atom. The zero-order chi connectivity index (χ0) is 14.6. The van der Waals surface area contributed by atoms with E-state index in [-0.39, 0.29) is 17.7 Å². The van der Waals surface area contributed by atoms with Crippen molar-refractivity contribution in [2.45, 2.75) is 63.3 Å². The Bertz CT molecular complexity index is 362. The van der Waals surface area contributed by atoms with Crippen molar-refractivity contribution in [1.82, 2.24) is 5.32 Å². The highest BCUT2D eigenvalue weighted by Gasteiger charge is 2.42. The first-order chi connectivity index (χ1) is 9.59. The Morgan fingerprint density at radius 1 is 1.10 bits per heavy atom. The van der Waals surface area contributed by atoms with Crippen molar-refractivity contribution in [3.63, 3.8) is 0 Å². The van der Waals surface area contributed by atoms with Gasteiger partial charge in [-0.2, -0.15) is 0 Å². The first kappa shape index (κ1) is 15.3. The molecule has 0 spiro atoms. The molecule has 2 unspecified atom stereocenters. The van der Waals surface area contributed by atoms with Gasteiger partial charge < -0.3 is 16.2 Å². The molecule has 2 rings (SSSR count). The third-order valence-electron chi connectivity index (χ3n) is 5.03. The number of hydrogen-bond acceptors (Lipinski definition) is 3. The van der Waals surface area contributed by atoms with E-state index >= 15 is 0 Å². The maximum Gasteiger partial charge on any atom is 0.329 e. The molecule has 114 valence electrons. The van der Waals surface area contributed by atoms with Crippen LogP contribution in [-0.4, -0.2) is 29.1 Å². The SMILES string of the molecule is NCC1CCCC1C(=O)NC1(C(=O)O)CCCCCC1. The molecule has 0 aromatic rings. The van der Waals surface area contributed by atoms with Gasteiger partial charge in [0.2, 0.25) is 5.91 Å². The zero-order valence-electron chi connectivity index (χ0n) is 12.1. The van der Waals surface area contributed by atoms with Crippen LogP contribution in [0.25, 0.3) is 0 Å². The molecule has 20 heavy (non-hydrogen) atoms. The molecule has 0 heterocycles. The summed E-state index contributed by atoms with van der Waals surface area (Å²) in [6.45, 7) is 0.512. The van der Waals surface area contributed by atoms with Gasteiger partial charge in [0, 0.05) is 5.92 Å². The van der Waals surface area contributed by atoms with Gasteiger partial charge in [0.15, 0.2) is 0 Å². The normalized spacial score (nSPS) is 29.6. The Morgan fingerprint density at radius 3 is 2.30 bits per heavy atom. The summed E-state index contributed by atoms with van der Waals surface area (Å²) >= 11 is 0. The molecule has 0 aromatic carbocycles. The maximum atomic E-state index is 12.5. The minimum absolute atomic E-state index is 0.0951. The highest BCUT2D eigenvalue weighted by molar-refractivity contribution is 5.88. The average molecular weight is 282 g/mol. The van der Waals surface area contributed by atoms with Crippen LogP contribution in [0.1, 0.15) is 57.8 Å². The fraction of sp³-hybridized carbons (Fsp3) is 0.867. The van der Waals surface area contributed by atoms with Crippen LogP contribution < -0.4 is 11.1 Å². The summed E-state index contributed by atoms with van der Waals surface area (Å²) in [6, 6.07) is 0. The van der Waals surface area contributed by atoms with E-state index < -0.39 is 11.5 Å². The van der Waals surface area contributed by atoms with Crippen LogP contribution in [0.5, 0.6) is 0 Å². The average Bonchev–Trinajstić information content (AvgIpc) is 2.78. The Balaban J connectivity index is 2.07. The summed E-state index contributed by atoms with van der Waals surface area (Å²) in [6.07, 6.45) is 7.79. The van der Waals surface area contributed by atoms with E-state index in [9.17, 15) is 14.7 Å². The van der Waals surface area contributed by atoms with Gasteiger partial charge in [-0.05, 0) is 38.1 Å². The molecule has 0 saturated heterocycles. The van der Waals surface area contributed by atoms with Gasteiger partial charge in [0.05, 0.1) is 0 Å². The summed E-state index contributed by atoms with van der Waals surface area (Å²) in [5, 5.41) is 12.5. The molecular weight excluding hydrogens is 256 g/mol. The smallest absolute Gasteiger partial charge is 0.329 e. The second kappa shape index (κ2) is 6.57. The van der Waals surface area contributed by atoms with Gasteiger partial charge in [-0.3, -0.25) is 4.79 Å². The van der Waals surface area contributed by atoms with Gasteiger partial charge in [-0.1, -0.05) is 32.1 Å². The monoisotopic (exact) mass is 282 g/mol. The Labute approximate surface area is 120 Å². The third kappa shape index (κ3) is 3.14. The molecule has 0 aliphatic heterocycles. The number of rotatable bonds is 4. The first-order valence-electron chi connectivity index (χ1n) is 7.84. The number of carbonyl (C=O) groups is 2. The molecule has 2 aliphatic rings. The summed E-state index contributed by atoms with van der Waals surface area (Å²) in [4.78, 5) is 24.2. The van der Waals surface area contributed by atoms with Crippen LogP contribution >= 0.6 is 0 Å². The lowest BCUT2D eigenvalue weighted by atomic mass is 9.88. The molecule has 0 radical (unpaired) electrons. The lowest BCUT2D eigenvalue weighted by molar-refractivity contribution is -0.149. The van der Waals surface area contributed by atoms with Crippen LogP contribution in [0.4, 0.5) is 0 Å². The van der Waals surface area contributed by atoms with Crippen molar-refractivity contribution in [1.29, 1.82) is 0 Å². The number of carbonyl (C=O) groups excluding carboxylic acids is 1. The fourth-order valence-corrected chi connectivity index (χ4v) is 3.72. The fourth-order valence-electron chi connectivity index (χ4n) is 3.72. The summed E-state index contributed by atoms with van der Waals surface area (Å²) in [5.74, 6) is -0.858. The van der Waals surface area contributed by atoms with Crippen LogP contribution in [0.2, 0.25) is 0 Å². The second-order valence-corrected chi connectivity index (χ2v) is 6.32. The van der Waals surface area contributed by atoms with Crippen LogP contribution in [0.15, 0.2) is 0 Å². The molecule has 2 saturated carbocycles. The van der Waals surface area contributed by atoms with E-state index in [0.29, 0.717) is 19.4 Å². The third-order valence-corrected chi connectivity index (χ3v) is 5.03. The zero-order valence-corrected chi connectivity index (χ0v) is 12.1. The molecule has 2 atom stereocenters. The predicted molar refractivity (Wildman–Crippen MR) is 76.1 cm³/mol. The molecular formula is C15H26N2O3. The molecule has 1 amide bonds. The minimum Gasteiger partial charge on any atom is -0.480 e. The van der Waals surface area contributed by atoms with E-state index in [1.807, 2.05) is 0 Å². The molecule has 0 aromatic heterocycles. The number of nitrogens with one attached hydrogen (secondary N) is 1. The molecule has 5 nitrogen and oxygen atoms in total. The highest BCUT2D eigenvalue weighted by Crippen LogP contribution is 2.33. The highest BCUT2D eigenvalue weighted by atomic mass is 16.4. The van der Waals surface area contributed by atoms with Gasteiger partial charge in [-0.15, -0.1) is 0 Å². The topological polar surface area (TPSA) is 92.4 Å². The molecule has 4 N–H and O–H groups in total. The van der Waals surface area contributed by atoms with Crippen molar-refractivity contribution < 1.29 is 14.7 Å². The van der Waals surface area contributed by atoms with Crippen molar-refractivity contribution in [3.05, 3.63) is 0 Å². The number of aliphatic carboxylic acids is 1. The van der Waals surface area contributed by atoms with E-state index in [2.05, 4.69) is 5.32 Å². The molecule has 2 aliphatic carbocycles. The van der Waals surface area contributed by atoms with Gasteiger partial charge in [0.1, 0.15) is 5.54 Å². The van der Waals surface area contributed by atoms with E-state index in [0.717, 1.165) is 44.9 Å². The largest absolute Gasteiger partial charge is 0.480 e. The molecule has 0 bridgehead atoms. The van der Waals surface area contributed by atoms with E-state index in [1.165, 1.54) is 0 Å². The summed E-state index contributed by atoms with van der Waals surface area (Å²) in [5.41, 5.74) is 4.67. The standard InChI is InChI=1S/C15H26N2O3/c16-10-11-6-5-7-12(11)13(18)17-15(14(19)20)8-3-1-2-4-9-15/h11-12H,1-10,16H2,(H,17,18)(H,19,20). The summed E-state index contributed by atoms with van der Waals surface area (Å²) in [7, 11) is 0. The van der Waals surface area contributed by atoms with E-state index in [4.69, 9.17) is 5.73 Å². The predicted octanol–water partition coefficient (Wildman–Crippen LogP) is 1.66. The number of amides is 1. The van der Waals surface area contributed by atoms with Crippen molar-refractivity contribution in [3.8, 4) is 0 Å². The Hall–Kier alpha value is -1.10. The van der Waals surface area contributed by atoms with Crippen LogP contribution in [-0.2, 0) is 9.59 Å². The number of nitrogens with two attached hydrogens (primary N) is 1. The van der Waals surface area contributed by atoms with E-state index in [1.54, 1.807) is 0 Å². The maximum absolute atomic E-state index is 12.5. The van der Waals surface area contributed by atoms with Gasteiger partial charge >= 0.3 is 5.97 Å². The Kier molecular flexibility index (Phi) is 5.02. The molecule has 2 fully saturated rings. The summed E-state index contributed by atoms with van der Waals surface area (Å²) < 4.78 is 0. The van der Waals surface area contributed by atoms with Crippen molar-refractivity contribution in [2.75, 3.05) is 6.54 Å². The number of hydrogen-bond donors (Lipinski definition) is 3. The second-order valence-electron chi connectivity index (χ2n) is 6.32. The van der Waals surface area contributed by atoms with Gasteiger partial charge in [-0.25, -0.2) is 4.79 Å².